The van der Waals surface area contributed by atoms with E-state index in [0.717, 1.165) is 31.5 Å². The standard InChI is InChI=1S/C18H31NO3/c1-2-3-4-5-7-11-16(18(20,21)22)12-10-15-19-17-13-8-6-9-14-17/h6,8-9,13-14,16,19-22H,2-5,7,10-12,15H2,1H3. The Balaban J connectivity index is 2.23. The number of nitrogens with one attached hydrogen (secondary N) is 1. The normalized spacial score (nSPS) is 13.1. The van der Waals surface area contributed by atoms with E-state index in [1.807, 2.05) is 30.3 Å². The van der Waals surface area contributed by atoms with Gasteiger partial charge in [0.1, 0.15) is 0 Å². The second-order valence-electron chi connectivity index (χ2n) is 6.02. The maximum atomic E-state index is 9.49. The van der Waals surface area contributed by atoms with Crippen molar-refractivity contribution in [3.8, 4) is 0 Å². The molecule has 4 N–H and O–H groups in total. The average Bonchev–Trinajstić information content (AvgIpc) is 2.49. The first-order chi connectivity index (χ1) is 10.5. The van der Waals surface area contributed by atoms with Crippen molar-refractivity contribution in [3.63, 3.8) is 0 Å². The largest absolute Gasteiger partial charge is 0.385 e. The summed E-state index contributed by atoms with van der Waals surface area (Å²) in [5, 5.41) is 31.8. The third kappa shape index (κ3) is 8.37. The predicted octanol–water partition coefficient (Wildman–Crippen LogP) is 3.49. The molecule has 1 rings (SSSR count). The quantitative estimate of drug-likeness (QED) is 0.352. The number of anilines is 1. The van der Waals surface area contributed by atoms with Crippen molar-refractivity contribution in [2.45, 2.75) is 64.3 Å². The lowest BCUT2D eigenvalue weighted by molar-refractivity contribution is -0.344. The first kappa shape index (κ1) is 18.9. The molecule has 0 heterocycles. The minimum atomic E-state index is -2.56. The van der Waals surface area contributed by atoms with Gasteiger partial charge in [-0.3, -0.25) is 0 Å². The van der Waals surface area contributed by atoms with Crippen LogP contribution in [0, 0.1) is 5.92 Å². The van der Waals surface area contributed by atoms with Gasteiger partial charge in [-0.25, -0.2) is 0 Å². The molecule has 1 aromatic carbocycles. The van der Waals surface area contributed by atoms with Crippen molar-refractivity contribution in [1.82, 2.24) is 0 Å². The molecule has 4 heteroatoms. The highest BCUT2D eigenvalue weighted by Crippen LogP contribution is 2.24. The van der Waals surface area contributed by atoms with Gasteiger partial charge < -0.3 is 20.6 Å². The van der Waals surface area contributed by atoms with Crippen molar-refractivity contribution >= 4 is 5.69 Å². The van der Waals surface area contributed by atoms with Crippen molar-refractivity contribution in [1.29, 1.82) is 0 Å². The molecule has 0 radical (unpaired) electrons. The minimum Gasteiger partial charge on any atom is -0.385 e. The van der Waals surface area contributed by atoms with E-state index < -0.39 is 11.9 Å². The van der Waals surface area contributed by atoms with Crippen LogP contribution in [0.1, 0.15) is 58.3 Å². The van der Waals surface area contributed by atoms with Gasteiger partial charge in [0.25, 0.3) is 5.97 Å². The molecule has 22 heavy (non-hydrogen) atoms. The molecule has 126 valence electrons. The Bertz CT molecular complexity index is 376. The molecule has 0 spiro atoms. The Kier molecular flexibility index (Phi) is 9.13. The third-order valence-electron chi connectivity index (χ3n) is 4.04. The molecule has 0 aromatic heterocycles. The highest BCUT2D eigenvalue weighted by atomic mass is 16.7. The Morgan fingerprint density at radius 3 is 2.18 bits per heavy atom. The summed E-state index contributed by atoms with van der Waals surface area (Å²) < 4.78 is 0. The fraction of sp³-hybridized carbons (Fsp3) is 0.667. The summed E-state index contributed by atoms with van der Waals surface area (Å²) in [7, 11) is 0. The van der Waals surface area contributed by atoms with Gasteiger partial charge in [0.2, 0.25) is 0 Å². The summed E-state index contributed by atoms with van der Waals surface area (Å²) in [4.78, 5) is 0. The lowest BCUT2D eigenvalue weighted by atomic mass is 9.93. The van der Waals surface area contributed by atoms with E-state index in [2.05, 4.69) is 12.2 Å². The summed E-state index contributed by atoms with van der Waals surface area (Å²) >= 11 is 0. The van der Waals surface area contributed by atoms with Crippen LogP contribution in [0.2, 0.25) is 0 Å². The van der Waals surface area contributed by atoms with Crippen LogP contribution in [0.15, 0.2) is 30.3 Å². The molecule has 1 aromatic rings. The number of para-hydroxylation sites is 1. The van der Waals surface area contributed by atoms with E-state index in [4.69, 9.17) is 0 Å². The number of hydrogen-bond donors (Lipinski definition) is 4. The van der Waals surface area contributed by atoms with Gasteiger partial charge in [0.05, 0.1) is 0 Å². The summed E-state index contributed by atoms with van der Waals surface area (Å²) in [6, 6.07) is 9.92. The van der Waals surface area contributed by atoms with E-state index in [9.17, 15) is 15.3 Å². The van der Waals surface area contributed by atoms with Crippen LogP contribution in [-0.4, -0.2) is 27.8 Å². The van der Waals surface area contributed by atoms with Gasteiger partial charge in [0.15, 0.2) is 0 Å². The zero-order valence-electron chi connectivity index (χ0n) is 13.7. The molecule has 0 fully saturated rings. The van der Waals surface area contributed by atoms with Crippen LogP contribution in [0.5, 0.6) is 0 Å². The van der Waals surface area contributed by atoms with Crippen molar-refractivity contribution in [2.75, 3.05) is 11.9 Å². The Labute approximate surface area is 134 Å². The van der Waals surface area contributed by atoms with Crippen LogP contribution < -0.4 is 5.32 Å². The van der Waals surface area contributed by atoms with Crippen LogP contribution in [0.25, 0.3) is 0 Å². The monoisotopic (exact) mass is 309 g/mol. The van der Waals surface area contributed by atoms with E-state index in [-0.39, 0.29) is 0 Å². The molecule has 0 saturated carbocycles. The minimum absolute atomic E-state index is 0.480. The Morgan fingerprint density at radius 2 is 1.55 bits per heavy atom. The van der Waals surface area contributed by atoms with E-state index >= 15 is 0 Å². The maximum Gasteiger partial charge on any atom is 0.278 e. The van der Waals surface area contributed by atoms with Gasteiger partial charge in [-0.1, -0.05) is 57.2 Å². The molecule has 0 amide bonds. The highest BCUT2D eigenvalue weighted by Gasteiger charge is 2.30. The molecular formula is C18H31NO3. The molecule has 1 atom stereocenters. The van der Waals surface area contributed by atoms with E-state index in [0.29, 0.717) is 12.8 Å². The topological polar surface area (TPSA) is 72.7 Å². The third-order valence-corrected chi connectivity index (χ3v) is 4.04. The SMILES string of the molecule is CCCCCCCC(CCCNc1ccccc1)C(O)(O)O. The number of aliphatic hydroxyl groups is 3. The van der Waals surface area contributed by atoms with Crippen LogP contribution in [-0.2, 0) is 0 Å². The first-order valence-electron chi connectivity index (χ1n) is 8.50. The molecule has 4 nitrogen and oxygen atoms in total. The lowest BCUT2D eigenvalue weighted by Crippen LogP contribution is -2.37. The number of hydrogen-bond acceptors (Lipinski definition) is 4. The first-order valence-corrected chi connectivity index (χ1v) is 8.50. The van der Waals surface area contributed by atoms with E-state index in [1.54, 1.807) is 0 Å². The van der Waals surface area contributed by atoms with Gasteiger partial charge in [-0.2, -0.15) is 0 Å². The molecule has 0 aliphatic rings. The molecule has 1 unspecified atom stereocenters. The number of rotatable bonds is 12. The van der Waals surface area contributed by atoms with Crippen molar-refractivity contribution in [3.05, 3.63) is 30.3 Å². The van der Waals surface area contributed by atoms with Gasteiger partial charge in [-0.05, 0) is 31.4 Å². The van der Waals surface area contributed by atoms with Crippen molar-refractivity contribution in [2.24, 2.45) is 5.92 Å². The van der Waals surface area contributed by atoms with Gasteiger partial charge in [-0.15, -0.1) is 0 Å². The average molecular weight is 309 g/mol. The van der Waals surface area contributed by atoms with Gasteiger partial charge >= 0.3 is 0 Å². The van der Waals surface area contributed by atoms with Crippen molar-refractivity contribution < 1.29 is 15.3 Å². The van der Waals surface area contributed by atoms with Crippen LogP contribution in [0.3, 0.4) is 0 Å². The second-order valence-corrected chi connectivity index (χ2v) is 6.02. The number of unbranched alkanes of at least 4 members (excludes halogenated alkanes) is 4. The summed E-state index contributed by atoms with van der Waals surface area (Å²) in [6.45, 7) is 2.93. The fourth-order valence-corrected chi connectivity index (χ4v) is 2.66. The second kappa shape index (κ2) is 10.6. The fourth-order valence-electron chi connectivity index (χ4n) is 2.66. The molecule has 0 bridgehead atoms. The Hall–Kier alpha value is -1.10. The Morgan fingerprint density at radius 1 is 0.909 bits per heavy atom. The van der Waals surface area contributed by atoms with Crippen LogP contribution in [0.4, 0.5) is 5.69 Å². The van der Waals surface area contributed by atoms with Crippen LogP contribution >= 0.6 is 0 Å². The predicted molar refractivity (Wildman–Crippen MR) is 90.4 cm³/mol. The molecule has 0 aliphatic carbocycles. The highest BCUT2D eigenvalue weighted by molar-refractivity contribution is 5.42. The van der Waals surface area contributed by atoms with E-state index in [1.165, 1.54) is 19.3 Å². The molecule has 0 saturated heterocycles. The number of benzene rings is 1. The summed E-state index contributed by atoms with van der Waals surface area (Å²) in [5.41, 5.74) is 1.06. The zero-order valence-corrected chi connectivity index (χ0v) is 13.7. The van der Waals surface area contributed by atoms with Gasteiger partial charge in [0, 0.05) is 18.2 Å². The molecule has 0 aliphatic heterocycles. The smallest absolute Gasteiger partial charge is 0.278 e. The lowest BCUT2D eigenvalue weighted by Gasteiger charge is -2.26. The maximum absolute atomic E-state index is 9.49. The zero-order chi connectivity index (χ0) is 16.3. The molecular weight excluding hydrogens is 278 g/mol. The summed E-state index contributed by atoms with van der Waals surface area (Å²) in [6.07, 6.45) is 7.64. The summed E-state index contributed by atoms with van der Waals surface area (Å²) in [5.74, 6) is -3.04.